The van der Waals surface area contributed by atoms with Gasteiger partial charge in [0.2, 0.25) is 0 Å². The molecule has 1 heterocycles. The minimum Gasteiger partial charge on any atom is -0.309 e. The number of aromatic nitrogens is 1. The summed E-state index contributed by atoms with van der Waals surface area (Å²) in [5.74, 6) is 0. The van der Waals surface area contributed by atoms with Crippen molar-refractivity contribution >= 4 is 48.8 Å². The van der Waals surface area contributed by atoms with Gasteiger partial charge in [-0.2, -0.15) is 0 Å². The zero-order valence-corrected chi connectivity index (χ0v) is 14.3. The van der Waals surface area contributed by atoms with Crippen LogP contribution in [0.1, 0.15) is 0 Å². The Morgan fingerprint density at radius 2 is 1.43 bits per heavy atom. The van der Waals surface area contributed by atoms with E-state index in [0.29, 0.717) is 9.37 Å². The molecule has 114 valence electrons. The molecule has 3 nitrogen and oxygen atoms in total. The molecule has 3 aromatic carbocycles. The van der Waals surface area contributed by atoms with Crippen molar-refractivity contribution in [2.75, 3.05) is 0 Å². The van der Waals surface area contributed by atoms with Gasteiger partial charge in [0, 0.05) is 20.9 Å². The second-order valence-electron chi connectivity index (χ2n) is 5.23. The lowest BCUT2D eigenvalue weighted by Gasteiger charge is -2.09. The van der Waals surface area contributed by atoms with Gasteiger partial charge in [0.1, 0.15) is 0 Å². The first-order valence-electron chi connectivity index (χ1n) is 7.06. The first-order chi connectivity index (χ1) is 11.2. The molecule has 0 saturated heterocycles. The highest BCUT2D eigenvalue weighted by Crippen LogP contribution is 2.33. The molecule has 23 heavy (non-hydrogen) atoms. The van der Waals surface area contributed by atoms with Gasteiger partial charge in [-0.05, 0) is 46.3 Å². The normalized spacial score (nSPS) is 12.8. The molecule has 1 N–H and O–H groups in total. The molecule has 0 radical (unpaired) electrons. The van der Waals surface area contributed by atoms with Crippen LogP contribution in [0.4, 0.5) is 0 Å². The molecule has 0 amide bonds. The van der Waals surface area contributed by atoms with Crippen LogP contribution in [0.2, 0.25) is 0 Å². The minimum absolute atomic E-state index is 0.370. The number of rotatable bonds is 2. The highest BCUT2D eigenvalue weighted by atomic mass is 79.9. The van der Waals surface area contributed by atoms with Gasteiger partial charge in [0.05, 0.1) is 15.9 Å². The fourth-order valence-corrected chi connectivity index (χ4v) is 4.16. The van der Waals surface area contributed by atoms with Crippen molar-refractivity contribution in [2.45, 2.75) is 4.90 Å². The quantitative estimate of drug-likeness (QED) is 0.486. The van der Waals surface area contributed by atoms with E-state index in [1.807, 2.05) is 36.4 Å². The average molecular weight is 386 g/mol. The predicted molar refractivity (Wildman–Crippen MR) is 97.5 cm³/mol. The molecule has 0 fully saturated rings. The predicted octanol–water partition coefficient (Wildman–Crippen LogP) is 5.13. The van der Waals surface area contributed by atoms with E-state index >= 15 is 0 Å². The van der Waals surface area contributed by atoms with Gasteiger partial charge in [-0.1, -0.05) is 36.4 Å². The molecule has 5 heteroatoms. The molecule has 1 unspecified atom stereocenters. The molecular weight excluding hydrogens is 374 g/mol. The zero-order valence-electron chi connectivity index (χ0n) is 11.9. The number of benzene rings is 3. The van der Waals surface area contributed by atoms with Crippen molar-refractivity contribution < 1.29 is 8.76 Å². The number of para-hydroxylation sites is 2. The Balaban J connectivity index is 2.08. The lowest BCUT2D eigenvalue weighted by Crippen LogP contribution is -1.96. The van der Waals surface area contributed by atoms with Crippen LogP contribution in [-0.4, -0.2) is 13.3 Å². The summed E-state index contributed by atoms with van der Waals surface area (Å²) >= 11 is 1.39. The van der Waals surface area contributed by atoms with Crippen molar-refractivity contribution in [2.24, 2.45) is 0 Å². The van der Waals surface area contributed by atoms with E-state index in [1.54, 1.807) is 6.07 Å². The van der Waals surface area contributed by atoms with Crippen molar-refractivity contribution in [3.05, 3.63) is 71.2 Å². The van der Waals surface area contributed by atoms with Gasteiger partial charge in [-0.3, -0.25) is 0 Å². The van der Waals surface area contributed by atoms with Gasteiger partial charge in [-0.25, -0.2) is 4.21 Å². The van der Waals surface area contributed by atoms with E-state index in [0.717, 1.165) is 16.7 Å². The molecule has 0 saturated carbocycles. The molecule has 4 rings (SSSR count). The Labute approximate surface area is 144 Å². The van der Waals surface area contributed by atoms with Crippen LogP contribution in [0, 0.1) is 0 Å². The van der Waals surface area contributed by atoms with Crippen molar-refractivity contribution in [3.8, 4) is 5.69 Å². The fourth-order valence-electron chi connectivity index (χ4n) is 2.97. The van der Waals surface area contributed by atoms with Crippen molar-refractivity contribution in [1.82, 2.24) is 4.57 Å². The second kappa shape index (κ2) is 5.60. The maximum Gasteiger partial charge on any atom is 0.187 e. The Hall–Kier alpha value is -1.95. The van der Waals surface area contributed by atoms with Gasteiger partial charge in [-0.15, -0.1) is 0 Å². The summed E-state index contributed by atoms with van der Waals surface area (Å²) in [6.45, 7) is 0. The third-order valence-corrected chi connectivity index (χ3v) is 5.59. The lowest BCUT2D eigenvalue weighted by molar-refractivity contribution is 0.564. The third kappa shape index (κ3) is 2.32. The van der Waals surface area contributed by atoms with Gasteiger partial charge in [0.25, 0.3) is 0 Å². The van der Waals surface area contributed by atoms with Crippen LogP contribution >= 0.6 is 15.9 Å². The van der Waals surface area contributed by atoms with Gasteiger partial charge in [0.15, 0.2) is 11.1 Å². The Morgan fingerprint density at radius 1 is 0.870 bits per heavy atom. The molecule has 1 aromatic heterocycles. The molecule has 0 aliphatic heterocycles. The number of hydrogen-bond donors (Lipinski definition) is 1. The van der Waals surface area contributed by atoms with Crippen LogP contribution in [-0.2, 0) is 11.1 Å². The maximum atomic E-state index is 11.3. The highest BCUT2D eigenvalue weighted by molar-refractivity contribution is 9.10. The number of nitrogens with zero attached hydrogens (tertiary/aromatic N) is 1. The summed E-state index contributed by atoms with van der Waals surface area (Å²) in [5.41, 5.74) is 3.17. The van der Waals surface area contributed by atoms with Crippen LogP contribution < -0.4 is 0 Å². The number of hydrogen-bond acceptors (Lipinski definition) is 1. The Bertz CT molecular complexity index is 1020. The zero-order chi connectivity index (χ0) is 16.0. The van der Waals surface area contributed by atoms with E-state index < -0.39 is 11.1 Å². The van der Waals surface area contributed by atoms with Crippen LogP contribution in [0.5, 0.6) is 0 Å². The standard InChI is InChI=1S/C18H12BrNO2S/c19-15-11-12(9-10-18(15)23(21)22)20-16-7-3-1-5-13(16)14-6-2-4-8-17(14)20/h1-11H,(H,21,22). The second-order valence-corrected chi connectivity index (χ2v) is 7.03. The topological polar surface area (TPSA) is 42.2 Å². The first kappa shape index (κ1) is 14.6. The Kier molecular flexibility index (Phi) is 3.56. The van der Waals surface area contributed by atoms with E-state index in [-0.39, 0.29) is 0 Å². The minimum atomic E-state index is -2.01. The summed E-state index contributed by atoms with van der Waals surface area (Å²) in [6.07, 6.45) is 0. The average Bonchev–Trinajstić information content (AvgIpc) is 2.89. The van der Waals surface area contributed by atoms with Crippen molar-refractivity contribution in [1.29, 1.82) is 0 Å². The highest BCUT2D eigenvalue weighted by Gasteiger charge is 2.13. The Morgan fingerprint density at radius 3 is 1.96 bits per heavy atom. The summed E-state index contributed by atoms with van der Waals surface area (Å²) in [6, 6.07) is 21.9. The molecule has 4 aromatic rings. The third-order valence-electron chi connectivity index (χ3n) is 3.94. The van der Waals surface area contributed by atoms with Gasteiger partial charge >= 0.3 is 0 Å². The van der Waals surface area contributed by atoms with Crippen LogP contribution in [0.3, 0.4) is 0 Å². The molecule has 0 bridgehead atoms. The van der Waals surface area contributed by atoms with E-state index in [4.69, 9.17) is 0 Å². The smallest absolute Gasteiger partial charge is 0.187 e. The lowest BCUT2D eigenvalue weighted by atomic mass is 10.2. The van der Waals surface area contributed by atoms with E-state index in [1.165, 1.54) is 10.8 Å². The first-order valence-corrected chi connectivity index (χ1v) is 8.96. The van der Waals surface area contributed by atoms with Crippen LogP contribution in [0.15, 0.2) is 76.1 Å². The SMILES string of the molecule is O=S(O)c1ccc(-n2c3ccccc3c3ccccc32)cc1Br. The number of fused-ring (bicyclic) bond motifs is 3. The van der Waals surface area contributed by atoms with E-state index in [9.17, 15) is 8.76 Å². The largest absolute Gasteiger partial charge is 0.309 e. The van der Waals surface area contributed by atoms with Crippen molar-refractivity contribution in [3.63, 3.8) is 0 Å². The molecular formula is C18H12BrNO2S. The molecule has 1 atom stereocenters. The summed E-state index contributed by atoms with van der Waals surface area (Å²) in [4.78, 5) is 0.370. The van der Waals surface area contributed by atoms with E-state index in [2.05, 4.69) is 44.8 Å². The molecule has 0 aliphatic carbocycles. The summed E-state index contributed by atoms with van der Waals surface area (Å²) in [5, 5.41) is 2.38. The summed E-state index contributed by atoms with van der Waals surface area (Å²) < 4.78 is 23.4. The number of halogens is 1. The summed E-state index contributed by atoms with van der Waals surface area (Å²) in [7, 11) is 0. The molecule has 0 spiro atoms. The fraction of sp³-hybridized carbons (Fsp3) is 0. The van der Waals surface area contributed by atoms with Crippen LogP contribution in [0.25, 0.3) is 27.5 Å². The molecule has 0 aliphatic rings. The maximum absolute atomic E-state index is 11.3. The van der Waals surface area contributed by atoms with Gasteiger partial charge < -0.3 is 9.12 Å². The monoisotopic (exact) mass is 385 g/mol.